The molecule has 0 saturated carbocycles. The standard InChI is InChI=1S/C9H16FNO/c1-9(2)6-11-4-7(10)3-8(11)5-12-9/h7-8H,3-6H2,1-2H3/t7-,8-/m1/s1. The summed E-state index contributed by atoms with van der Waals surface area (Å²) in [7, 11) is 0. The van der Waals surface area contributed by atoms with Gasteiger partial charge < -0.3 is 4.74 Å². The van der Waals surface area contributed by atoms with E-state index in [1.54, 1.807) is 0 Å². The first-order chi connectivity index (χ1) is 5.57. The van der Waals surface area contributed by atoms with Gasteiger partial charge in [0.05, 0.1) is 12.2 Å². The highest BCUT2D eigenvalue weighted by Gasteiger charge is 2.40. The lowest BCUT2D eigenvalue weighted by atomic mass is 10.1. The molecule has 2 aliphatic heterocycles. The van der Waals surface area contributed by atoms with Crippen LogP contribution in [-0.4, -0.2) is 42.4 Å². The summed E-state index contributed by atoms with van der Waals surface area (Å²) in [5.41, 5.74) is -0.0828. The van der Waals surface area contributed by atoms with Crippen molar-refractivity contribution in [3.8, 4) is 0 Å². The van der Waals surface area contributed by atoms with Crippen molar-refractivity contribution in [3.63, 3.8) is 0 Å². The average molecular weight is 173 g/mol. The molecule has 2 nitrogen and oxygen atoms in total. The lowest BCUT2D eigenvalue weighted by molar-refractivity contribution is -0.102. The van der Waals surface area contributed by atoms with Crippen LogP contribution in [-0.2, 0) is 4.74 Å². The molecule has 2 aliphatic rings. The van der Waals surface area contributed by atoms with Crippen LogP contribution in [0.2, 0.25) is 0 Å². The molecule has 0 aromatic rings. The highest BCUT2D eigenvalue weighted by atomic mass is 19.1. The van der Waals surface area contributed by atoms with E-state index in [2.05, 4.69) is 18.7 Å². The Morgan fingerprint density at radius 3 is 3.00 bits per heavy atom. The van der Waals surface area contributed by atoms with Gasteiger partial charge in [-0.3, -0.25) is 4.90 Å². The molecule has 0 aromatic heterocycles. The SMILES string of the molecule is CC1(C)CN2C[C@H](F)C[C@@H]2CO1. The van der Waals surface area contributed by atoms with Crippen molar-refractivity contribution in [1.82, 2.24) is 4.90 Å². The van der Waals surface area contributed by atoms with Crippen LogP contribution in [0, 0.1) is 0 Å². The number of alkyl halides is 1. The minimum atomic E-state index is -0.632. The predicted octanol–water partition coefficient (Wildman–Crippen LogP) is 1.21. The van der Waals surface area contributed by atoms with E-state index < -0.39 is 6.17 Å². The lowest BCUT2D eigenvalue weighted by Crippen LogP contribution is -2.51. The van der Waals surface area contributed by atoms with Gasteiger partial charge in [-0.15, -0.1) is 0 Å². The number of ether oxygens (including phenoxy) is 1. The fourth-order valence-corrected chi connectivity index (χ4v) is 2.15. The third-order valence-corrected chi connectivity index (χ3v) is 2.73. The van der Waals surface area contributed by atoms with Gasteiger partial charge in [0.1, 0.15) is 6.17 Å². The van der Waals surface area contributed by atoms with Crippen molar-refractivity contribution in [2.24, 2.45) is 0 Å². The van der Waals surface area contributed by atoms with E-state index in [0.29, 0.717) is 25.6 Å². The van der Waals surface area contributed by atoms with E-state index >= 15 is 0 Å². The zero-order chi connectivity index (χ0) is 8.77. The van der Waals surface area contributed by atoms with Gasteiger partial charge in [0, 0.05) is 19.1 Å². The molecule has 2 atom stereocenters. The molecular weight excluding hydrogens is 157 g/mol. The van der Waals surface area contributed by atoms with Crippen molar-refractivity contribution >= 4 is 0 Å². The summed E-state index contributed by atoms with van der Waals surface area (Å²) in [6, 6.07) is 0.341. The molecule has 0 radical (unpaired) electrons. The summed E-state index contributed by atoms with van der Waals surface area (Å²) < 4.78 is 18.6. The molecule has 0 N–H and O–H groups in total. The van der Waals surface area contributed by atoms with Gasteiger partial charge in [-0.05, 0) is 20.3 Å². The predicted molar refractivity (Wildman–Crippen MR) is 44.9 cm³/mol. The third kappa shape index (κ3) is 1.48. The van der Waals surface area contributed by atoms with E-state index in [1.807, 2.05) is 0 Å². The molecule has 0 spiro atoms. The van der Waals surface area contributed by atoms with Crippen LogP contribution in [0.4, 0.5) is 4.39 Å². The number of hydrogen-bond acceptors (Lipinski definition) is 2. The van der Waals surface area contributed by atoms with Crippen molar-refractivity contribution in [2.75, 3.05) is 19.7 Å². The van der Waals surface area contributed by atoms with Gasteiger partial charge in [-0.1, -0.05) is 0 Å². The Morgan fingerprint density at radius 1 is 1.50 bits per heavy atom. The summed E-state index contributed by atoms with van der Waals surface area (Å²) in [5.74, 6) is 0. The minimum absolute atomic E-state index is 0.0828. The highest BCUT2D eigenvalue weighted by molar-refractivity contribution is 4.92. The molecule has 2 saturated heterocycles. The number of hydrogen-bond donors (Lipinski definition) is 0. The smallest absolute Gasteiger partial charge is 0.114 e. The zero-order valence-corrected chi connectivity index (χ0v) is 7.72. The van der Waals surface area contributed by atoms with Gasteiger partial charge in [0.25, 0.3) is 0 Å². The third-order valence-electron chi connectivity index (χ3n) is 2.73. The van der Waals surface area contributed by atoms with Gasteiger partial charge >= 0.3 is 0 Å². The topological polar surface area (TPSA) is 12.5 Å². The van der Waals surface area contributed by atoms with Crippen LogP contribution in [0.1, 0.15) is 20.3 Å². The van der Waals surface area contributed by atoms with Gasteiger partial charge in [-0.2, -0.15) is 0 Å². The van der Waals surface area contributed by atoms with Crippen molar-refractivity contribution in [1.29, 1.82) is 0 Å². The second kappa shape index (κ2) is 2.67. The van der Waals surface area contributed by atoms with Crippen LogP contribution in [0.15, 0.2) is 0 Å². The Kier molecular flexibility index (Phi) is 1.88. The molecule has 0 aromatic carbocycles. The summed E-state index contributed by atoms with van der Waals surface area (Å²) in [6.45, 7) is 6.31. The molecular formula is C9H16FNO. The summed E-state index contributed by atoms with van der Waals surface area (Å²) in [5, 5.41) is 0. The number of fused-ring (bicyclic) bond motifs is 1. The Bertz CT molecular complexity index is 183. The summed E-state index contributed by atoms with van der Waals surface area (Å²) in [4.78, 5) is 2.22. The highest BCUT2D eigenvalue weighted by Crippen LogP contribution is 2.28. The summed E-state index contributed by atoms with van der Waals surface area (Å²) >= 11 is 0. The fraction of sp³-hybridized carbons (Fsp3) is 1.00. The van der Waals surface area contributed by atoms with Gasteiger partial charge in [0.15, 0.2) is 0 Å². The van der Waals surface area contributed by atoms with Crippen LogP contribution >= 0.6 is 0 Å². The maximum absolute atomic E-state index is 13.0. The quantitative estimate of drug-likeness (QED) is 0.546. The van der Waals surface area contributed by atoms with Crippen LogP contribution in [0.25, 0.3) is 0 Å². The number of rotatable bonds is 0. The van der Waals surface area contributed by atoms with Crippen molar-refractivity contribution in [2.45, 2.75) is 38.1 Å². The number of nitrogens with zero attached hydrogens (tertiary/aromatic N) is 1. The molecule has 2 heterocycles. The summed E-state index contributed by atoms with van der Waals surface area (Å²) in [6.07, 6.45) is 0.0308. The molecule has 0 amide bonds. The molecule has 12 heavy (non-hydrogen) atoms. The van der Waals surface area contributed by atoms with Gasteiger partial charge in [-0.25, -0.2) is 4.39 Å². The average Bonchev–Trinajstić information content (AvgIpc) is 2.26. The Morgan fingerprint density at radius 2 is 2.25 bits per heavy atom. The van der Waals surface area contributed by atoms with E-state index in [9.17, 15) is 4.39 Å². The van der Waals surface area contributed by atoms with Crippen molar-refractivity contribution < 1.29 is 9.13 Å². The normalized spacial score (nSPS) is 41.2. The molecule has 2 fully saturated rings. The maximum Gasteiger partial charge on any atom is 0.114 e. The molecule has 0 unspecified atom stereocenters. The molecule has 3 heteroatoms. The second-order valence-corrected chi connectivity index (χ2v) is 4.49. The van der Waals surface area contributed by atoms with Crippen LogP contribution in [0.5, 0.6) is 0 Å². The van der Waals surface area contributed by atoms with Crippen molar-refractivity contribution in [3.05, 3.63) is 0 Å². The molecule has 70 valence electrons. The first-order valence-corrected chi connectivity index (χ1v) is 4.59. The number of morpholine rings is 1. The number of halogens is 1. The van der Waals surface area contributed by atoms with Crippen LogP contribution in [0.3, 0.4) is 0 Å². The maximum atomic E-state index is 13.0. The van der Waals surface area contributed by atoms with E-state index in [4.69, 9.17) is 4.74 Å². The van der Waals surface area contributed by atoms with E-state index in [-0.39, 0.29) is 5.60 Å². The van der Waals surface area contributed by atoms with E-state index in [1.165, 1.54) is 0 Å². The zero-order valence-electron chi connectivity index (χ0n) is 7.72. The Balaban J connectivity index is 2.02. The Labute approximate surface area is 72.7 Å². The fourth-order valence-electron chi connectivity index (χ4n) is 2.15. The first kappa shape index (κ1) is 8.45. The van der Waals surface area contributed by atoms with Crippen LogP contribution < -0.4 is 0 Å². The molecule has 0 bridgehead atoms. The first-order valence-electron chi connectivity index (χ1n) is 4.59. The monoisotopic (exact) mass is 173 g/mol. The molecule has 2 rings (SSSR count). The molecule has 0 aliphatic carbocycles. The van der Waals surface area contributed by atoms with Gasteiger partial charge in [0.2, 0.25) is 0 Å². The van der Waals surface area contributed by atoms with E-state index in [0.717, 1.165) is 6.54 Å². The largest absolute Gasteiger partial charge is 0.373 e. The Hall–Kier alpha value is -0.150. The second-order valence-electron chi connectivity index (χ2n) is 4.49. The minimum Gasteiger partial charge on any atom is -0.373 e. The lowest BCUT2D eigenvalue weighted by Gasteiger charge is -2.39.